The van der Waals surface area contributed by atoms with Crippen LogP contribution >= 0.6 is 23.8 Å². The molecule has 0 amide bonds. The SMILES string of the molecule is CCCC(C(N)=S)N1CCN(c2nc(C3CC3)ns2)CC1. The Morgan fingerprint density at radius 2 is 2.10 bits per heavy atom. The number of rotatable bonds is 6. The van der Waals surface area contributed by atoms with Crippen molar-refractivity contribution in [3.8, 4) is 0 Å². The fourth-order valence-electron chi connectivity index (χ4n) is 2.87. The van der Waals surface area contributed by atoms with E-state index in [0.29, 0.717) is 10.9 Å². The van der Waals surface area contributed by atoms with Gasteiger partial charge < -0.3 is 10.6 Å². The van der Waals surface area contributed by atoms with Crippen LogP contribution in [-0.2, 0) is 0 Å². The maximum absolute atomic E-state index is 5.90. The zero-order valence-corrected chi connectivity index (χ0v) is 14.1. The first-order valence-corrected chi connectivity index (χ1v) is 8.99. The average molecular weight is 326 g/mol. The Morgan fingerprint density at radius 3 is 2.67 bits per heavy atom. The minimum absolute atomic E-state index is 0.253. The zero-order chi connectivity index (χ0) is 14.8. The highest BCUT2D eigenvalue weighted by Gasteiger charge is 2.30. The van der Waals surface area contributed by atoms with Crippen LogP contribution < -0.4 is 10.6 Å². The molecule has 0 radical (unpaired) electrons. The van der Waals surface area contributed by atoms with Crippen molar-refractivity contribution in [1.82, 2.24) is 14.3 Å². The summed E-state index contributed by atoms with van der Waals surface area (Å²) in [6.45, 7) is 6.16. The van der Waals surface area contributed by atoms with Gasteiger partial charge in [0.15, 0.2) is 0 Å². The van der Waals surface area contributed by atoms with Gasteiger partial charge in [0, 0.05) is 43.6 Å². The number of piperazine rings is 1. The molecular formula is C14H23N5S2. The quantitative estimate of drug-likeness (QED) is 0.807. The lowest BCUT2D eigenvalue weighted by molar-refractivity contribution is 0.219. The lowest BCUT2D eigenvalue weighted by Crippen LogP contribution is -2.53. The lowest BCUT2D eigenvalue weighted by atomic mass is 10.1. The van der Waals surface area contributed by atoms with Crippen molar-refractivity contribution in [1.29, 1.82) is 0 Å². The maximum atomic E-state index is 5.90. The molecule has 21 heavy (non-hydrogen) atoms. The fraction of sp³-hybridized carbons (Fsp3) is 0.786. The highest BCUT2D eigenvalue weighted by atomic mass is 32.1. The number of anilines is 1. The molecule has 0 bridgehead atoms. The number of nitrogens with two attached hydrogens (primary N) is 1. The van der Waals surface area contributed by atoms with Gasteiger partial charge in [0.2, 0.25) is 5.13 Å². The molecule has 3 rings (SSSR count). The predicted molar refractivity (Wildman–Crippen MR) is 91.2 cm³/mol. The molecule has 1 aliphatic heterocycles. The predicted octanol–water partition coefficient (Wildman–Crippen LogP) is 1.99. The van der Waals surface area contributed by atoms with Crippen LogP contribution in [0.3, 0.4) is 0 Å². The lowest BCUT2D eigenvalue weighted by Gasteiger charge is -2.38. The number of hydrogen-bond donors (Lipinski definition) is 1. The van der Waals surface area contributed by atoms with Crippen LogP contribution in [0.25, 0.3) is 0 Å². The maximum Gasteiger partial charge on any atom is 0.205 e. The molecule has 1 aliphatic carbocycles. The third-order valence-corrected chi connectivity index (χ3v) is 5.35. The van der Waals surface area contributed by atoms with Crippen molar-refractivity contribution in [2.24, 2.45) is 5.73 Å². The van der Waals surface area contributed by atoms with Crippen molar-refractivity contribution in [3.63, 3.8) is 0 Å². The minimum Gasteiger partial charge on any atom is -0.392 e. The van der Waals surface area contributed by atoms with Gasteiger partial charge in [-0.1, -0.05) is 25.6 Å². The van der Waals surface area contributed by atoms with Crippen LogP contribution in [0.1, 0.15) is 44.3 Å². The molecule has 1 unspecified atom stereocenters. The summed E-state index contributed by atoms with van der Waals surface area (Å²) in [4.78, 5) is 10.1. The van der Waals surface area contributed by atoms with Crippen molar-refractivity contribution in [3.05, 3.63) is 5.82 Å². The monoisotopic (exact) mass is 325 g/mol. The molecule has 1 saturated heterocycles. The van der Waals surface area contributed by atoms with E-state index < -0.39 is 0 Å². The second-order valence-corrected chi connectivity index (χ2v) is 7.14. The summed E-state index contributed by atoms with van der Waals surface area (Å²) in [6.07, 6.45) is 4.69. The van der Waals surface area contributed by atoms with Crippen molar-refractivity contribution in [2.75, 3.05) is 31.1 Å². The van der Waals surface area contributed by atoms with Gasteiger partial charge in [-0.2, -0.15) is 4.37 Å². The number of aromatic nitrogens is 2. The third-order valence-electron chi connectivity index (χ3n) is 4.29. The smallest absolute Gasteiger partial charge is 0.205 e. The van der Waals surface area contributed by atoms with E-state index in [0.717, 1.165) is 50.0 Å². The summed E-state index contributed by atoms with van der Waals surface area (Å²) in [6, 6.07) is 0.253. The van der Waals surface area contributed by atoms with Gasteiger partial charge >= 0.3 is 0 Å². The van der Waals surface area contributed by atoms with Crippen molar-refractivity contribution in [2.45, 2.75) is 44.6 Å². The van der Waals surface area contributed by atoms with E-state index in [1.54, 1.807) is 11.5 Å². The van der Waals surface area contributed by atoms with Gasteiger partial charge in [-0.25, -0.2) is 4.98 Å². The first-order chi connectivity index (χ1) is 10.2. The van der Waals surface area contributed by atoms with Crippen LogP contribution in [-0.4, -0.2) is 51.5 Å². The van der Waals surface area contributed by atoms with E-state index in [9.17, 15) is 0 Å². The van der Waals surface area contributed by atoms with Gasteiger partial charge in [0.05, 0.1) is 11.0 Å². The van der Waals surface area contributed by atoms with Crippen LogP contribution in [0.2, 0.25) is 0 Å². The van der Waals surface area contributed by atoms with Crippen LogP contribution in [0.5, 0.6) is 0 Å². The van der Waals surface area contributed by atoms with E-state index in [4.69, 9.17) is 22.9 Å². The van der Waals surface area contributed by atoms with E-state index in [-0.39, 0.29) is 6.04 Å². The Morgan fingerprint density at radius 1 is 1.38 bits per heavy atom. The molecule has 7 heteroatoms. The third kappa shape index (κ3) is 3.52. The van der Waals surface area contributed by atoms with E-state index in [2.05, 4.69) is 21.1 Å². The molecule has 1 saturated carbocycles. The summed E-state index contributed by atoms with van der Waals surface area (Å²) in [5.74, 6) is 1.70. The molecule has 0 spiro atoms. The molecule has 1 atom stereocenters. The van der Waals surface area contributed by atoms with Crippen LogP contribution in [0.4, 0.5) is 5.13 Å². The Bertz CT molecular complexity index is 491. The van der Waals surface area contributed by atoms with E-state index in [1.807, 2.05) is 0 Å². The normalized spacial score (nSPS) is 21.5. The zero-order valence-electron chi connectivity index (χ0n) is 12.5. The first kappa shape index (κ1) is 15.1. The number of thiocarbonyl (C=S) groups is 1. The second kappa shape index (κ2) is 6.54. The summed E-state index contributed by atoms with van der Waals surface area (Å²) in [5, 5.41) is 1.08. The minimum atomic E-state index is 0.253. The summed E-state index contributed by atoms with van der Waals surface area (Å²) < 4.78 is 4.50. The summed E-state index contributed by atoms with van der Waals surface area (Å²) in [5.41, 5.74) is 5.90. The Hall–Kier alpha value is -0.790. The molecule has 2 fully saturated rings. The number of nitrogens with zero attached hydrogens (tertiary/aromatic N) is 4. The number of hydrogen-bond acceptors (Lipinski definition) is 6. The highest BCUT2D eigenvalue weighted by Crippen LogP contribution is 2.39. The molecule has 1 aromatic rings. The second-order valence-electron chi connectivity index (χ2n) is 5.94. The molecular weight excluding hydrogens is 302 g/mol. The molecule has 116 valence electrons. The molecule has 0 aromatic carbocycles. The Balaban J connectivity index is 1.57. The van der Waals surface area contributed by atoms with Gasteiger partial charge in [0.25, 0.3) is 0 Å². The van der Waals surface area contributed by atoms with Crippen LogP contribution in [0.15, 0.2) is 0 Å². The summed E-state index contributed by atoms with van der Waals surface area (Å²) in [7, 11) is 0. The molecule has 2 heterocycles. The van der Waals surface area contributed by atoms with Gasteiger partial charge in [-0.05, 0) is 19.3 Å². The van der Waals surface area contributed by atoms with Gasteiger partial charge in [0.1, 0.15) is 5.82 Å². The largest absolute Gasteiger partial charge is 0.392 e. The molecule has 5 nitrogen and oxygen atoms in total. The highest BCUT2D eigenvalue weighted by molar-refractivity contribution is 7.80. The van der Waals surface area contributed by atoms with Gasteiger partial charge in [-0.15, -0.1) is 0 Å². The Labute approximate surface area is 135 Å². The van der Waals surface area contributed by atoms with Crippen molar-refractivity contribution >= 4 is 33.9 Å². The molecule has 2 N–H and O–H groups in total. The standard InChI is InChI=1S/C14H23N5S2/c1-2-3-11(12(15)20)18-6-8-19(9-7-18)14-16-13(17-21-14)10-4-5-10/h10-11H,2-9H2,1H3,(H2,15,20). The van der Waals surface area contributed by atoms with Crippen LogP contribution in [0, 0.1) is 0 Å². The summed E-state index contributed by atoms with van der Waals surface area (Å²) >= 11 is 6.77. The van der Waals surface area contributed by atoms with Crippen molar-refractivity contribution < 1.29 is 0 Å². The fourth-order valence-corrected chi connectivity index (χ4v) is 3.93. The topological polar surface area (TPSA) is 58.3 Å². The van der Waals surface area contributed by atoms with Gasteiger partial charge in [-0.3, -0.25) is 4.90 Å². The Kier molecular flexibility index (Phi) is 4.71. The molecule has 1 aromatic heterocycles. The average Bonchev–Trinajstić information content (AvgIpc) is 3.22. The molecule has 2 aliphatic rings. The first-order valence-electron chi connectivity index (χ1n) is 7.81. The van der Waals surface area contributed by atoms with E-state index >= 15 is 0 Å². The van der Waals surface area contributed by atoms with E-state index in [1.165, 1.54) is 12.8 Å².